The second kappa shape index (κ2) is 9.78. The standard InChI is InChI=1S/C24H22ClFN2O4/c1-14-11-20(16(3)28(14)18-8-6-7-17(26)12-18)22(29)13-32-24(31)15(2)27-23(30)19-9-4-5-10-21(19)25/h4-12,15H,13H2,1-3H3,(H,27,30)/t15-/m0/s1. The number of amides is 1. The quantitative estimate of drug-likeness (QED) is 0.421. The Labute approximate surface area is 190 Å². The summed E-state index contributed by atoms with van der Waals surface area (Å²) in [5.74, 6) is -2.06. The molecule has 166 valence electrons. The van der Waals surface area contributed by atoms with E-state index in [0.29, 0.717) is 16.9 Å². The van der Waals surface area contributed by atoms with E-state index in [-0.39, 0.29) is 16.4 Å². The van der Waals surface area contributed by atoms with Gasteiger partial charge in [0.2, 0.25) is 5.78 Å². The molecule has 0 unspecified atom stereocenters. The number of halogens is 2. The summed E-state index contributed by atoms with van der Waals surface area (Å²) in [6.45, 7) is 4.50. The molecular weight excluding hydrogens is 435 g/mol. The number of rotatable bonds is 7. The van der Waals surface area contributed by atoms with Gasteiger partial charge < -0.3 is 14.6 Å². The van der Waals surface area contributed by atoms with Crippen LogP contribution >= 0.6 is 11.6 Å². The third kappa shape index (κ3) is 5.06. The van der Waals surface area contributed by atoms with E-state index in [4.69, 9.17) is 16.3 Å². The summed E-state index contributed by atoms with van der Waals surface area (Å²) < 4.78 is 20.5. The van der Waals surface area contributed by atoms with Gasteiger partial charge in [0.1, 0.15) is 11.9 Å². The summed E-state index contributed by atoms with van der Waals surface area (Å²) in [5.41, 5.74) is 2.53. The highest BCUT2D eigenvalue weighted by Crippen LogP contribution is 2.22. The molecule has 0 saturated heterocycles. The number of carbonyl (C=O) groups excluding carboxylic acids is 3. The first-order valence-corrected chi connectivity index (χ1v) is 10.3. The van der Waals surface area contributed by atoms with Gasteiger partial charge in [0.25, 0.3) is 5.91 Å². The number of hydrogen-bond acceptors (Lipinski definition) is 4. The Balaban J connectivity index is 1.64. The first-order valence-electron chi connectivity index (χ1n) is 9.89. The van der Waals surface area contributed by atoms with Crippen molar-refractivity contribution in [3.8, 4) is 5.69 Å². The molecule has 0 bridgehead atoms. The van der Waals surface area contributed by atoms with Crippen LogP contribution < -0.4 is 5.32 Å². The van der Waals surface area contributed by atoms with Gasteiger partial charge >= 0.3 is 5.97 Å². The van der Waals surface area contributed by atoms with Gasteiger partial charge in [0, 0.05) is 22.6 Å². The summed E-state index contributed by atoms with van der Waals surface area (Å²) in [7, 11) is 0. The summed E-state index contributed by atoms with van der Waals surface area (Å²) in [6, 6.07) is 13.2. The van der Waals surface area contributed by atoms with E-state index >= 15 is 0 Å². The van der Waals surface area contributed by atoms with Gasteiger partial charge in [-0.05, 0) is 57.2 Å². The molecular formula is C24H22ClFN2O4. The molecule has 0 saturated carbocycles. The Hall–Kier alpha value is -3.45. The largest absolute Gasteiger partial charge is 0.456 e. The average molecular weight is 457 g/mol. The van der Waals surface area contributed by atoms with E-state index in [2.05, 4.69) is 5.32 Å². The summed E-state index contributed by atoms with van der Waals surface area (Å²) in [4.78, 5) is 37.2. The van der Waals surface area contributed by atoms with Crippen LogP contribution in [0.1, 0.15) is 39.0 Å². The van der Waals surface area contributed by atoms with Gasteiger partial charge in [-0.25, -0.2) is 9.18 Å². The normalized spacial score (nSPS) is 11.7. The average Bonchev–Trinajstić information content (AvgIpc) is 3.05. The predicted molar refractivity (Wildman–Crippen MR) is 119 cm³/mol. The van der Waals surface area contributed by atoms with Crippen molar-refractivity contribution in [1.29, 1.82) is 0 Å². The maximum Gasteiger partial charge on any atom is 0.328 e. The molecule has 3 aromatic rings. The Morgan fingerprint density at radius 3 is 2.47 bits per heavy atom. The van der Waals surface area contributed by atoms with Crippen molar-refractivity contribution in [2.75, 3.05) is 6.61 Å². The van der Waals surface area contributed by atoms with Gasteiger partial charge in [-0.2, -0.15) is 0 Å². The molecule has 1 N–H and O–H groups in total. The molecule has 1 amide bonds. The fourth-order valence-electron chi connectivity index (χ4n) is 3.38. The van der Waals surface area contributed by atoms with Crippen LogP contribution in [0.15, 0.2) is 54.6 Å². The molecule has 0 radical (unpaired) electrons. The summed E-state index contributed by atoms with van der Waals surface area (Å²) in [6.07, 6.45) is 0. The molecule has 0 fully saturated rings. The van der Waals surface area contributed by atoms with E-state index < -0.39 is 30.3 Å². The van der Waals surface area contributed by atoms with Crippen molar-refractivity contribution in [2.24, 2.45) is 0 Å². The summed E-state index contributed by atoms with van der Waals surface area (Å²) in [5, 5.41) is 2.76. The molecule has 1 atom stereocenters. The van der Waals surface area contributed by atoms with Crippen molar-refractivity contribution < 1.29 is 23.5 Å². The number of nitrogens with one attached hydrogen (secondary N) is 1. The number of ketones is 1. The van der Waals surface area contributed by atoms with Gasteiger partial charge in [-0.3, -0.25) is 9.59 Å². The van der Waals surface area contributed by atoms with Gasteiger partial charge in [-0.15, -0.1) is 0 Å². The highest BCUT2D eigenvalue weighted by Gasteiger charge is 2.22. The van der Waals surface area contributed by atoms with Crippen LogP contribution in [0.3, 0.4) is 0 Å². The Morgan fingerprint density at radius 1 is 1.06 bits per heavy atom. The predicted octanol–water partition coefficient (Wildman–Crippen LogP) is 4.43. The SMILES string of the molecule is Cc1cc(C(=O)COC(=O)[C@H](C)NC(=O)c2ccccc2Cl)c(C)n1-c1cccc(F)c1. The van der Waals surface area contributed by atoms with Crippen molar-refractivity contribution in [3.63, 3.8) is 0 Å². The molecule has 0 aliphatic rings. The Kier molecular flexibility index (Phi) is 7.10. The van der Waals surface area contributed by atoms with Crippen LogP contribution in [0.4, 0.5) is 4.39 Å². The zero-order valence-electron chi connectivity index (χ0n) is 17.8. The number of esters is 1. The monoisotopic (exact) mass is 456 g/mol. The molecule has 0 aliphatic heterocycles. The Morgan fingerprint density at radius 2 is 1.78 bits per heavy atom. The lowest BCUT2D eigenvalue weighted by atomic mass is 10.1. The van der Waals surface area contributed by atoms with E-state index in [0.717, 1.165) is 5.69 Å². The minimum absolute atomic E-state index is 0.231. The van der Waals surface area contributed by atoms with Crippen molar-refractivity contribution >= 4 is 29.3 Å². The molecule has 1 aromatic heterocycles. The number of hydrogen-bond donors (Lipinski definition) is 1. The maximum absolute atomic E-state index is 13.6. The van der Waals surface area contributed by atoms with E-state index in [1.165, 1.54) is 25.1 Å². The molecule has 2 aromatic carbocycles. The van der Waals surface area contributed by atoms with Crippen LogP contribution in [-0.2, 0) is 9.53 Å². The number of nitrogens with zero attached hydrogens (tertiary/aromatic N) is 1. The molecule has 0 spiro atoms. The highest BCUT2D eigenvalue weighted by molar-refractivity contribution is 6.33. The number of benzene rings is 2. The number of ether oxygens (including phenoxy) is 1. The minimum atomic E-state index is -0.980. The molecule has 1 heterocycles. The van der Waals surface area contributed by atoms with Crippen LogP contribution in [0.2, 0.25) is 5.02 Å². The number of Topliss-reactive ketones (excluding diaryl/α,β-unsaturated/α-hetero) is 1. The Bertz CT molecular complexity index is 1190. The van der Waals surface area contributed by atoms with E-state index in [9.17, 15) is 18.8 Å². The third-order valence-electron chi connectivity index (χ3n) is 4.96. The summed E-state index contributed by atoms with van der Waals surface area (Å²) >= 11 is 5.99. The van der Waals surface area contributed by atoms with Gasteiger partial charge in [0.05, 0.1) is 10.6 Å². The third-order valence-corrected chi connectivity index (χ3v) is 5.29. The van der Waals surface area contributed by atoms with E-state index in [1.54, 1.807) is 54.8 Å². The highest BCUT2D eigenvalue weighted by atomic mass is 35.5. The molecule has 3 rings (SSSR count). The smallest absolute Gasteiger partial charge is 0.328 e. The van der Waals surface area contributed by atoms with Gasteiger partial charge in [0.15, 0.2) is 6.61 Å². The lowest BCUT2D eigenvalue weighted by Gasteiger charge is -2.14. The molecule has 8 heteroatoms. The van der Waals surface area contributed by atoms with Crippen molar-refractivity contribution in [2.45, 2.75) is 26.8 Å². The van der Waals surface area contributed by atoms with Crippen molar-refractivity contribution in [3.05, 3.63) is 88.0 Å². The zero-order chi connectivity index (χ0) is 23.4. The number of aromatic nitrogens is 1. The fraction of sp³-hybridized carbons (Fsp3) is 0.208. The number of aryl methyl sites for hydroxylation is 1. The minimum Gasteiger partial charge on any atom is -0.456 e. The van der Waals surface area contributed by atoms with Gasteiger partial charge in [-0.1, -0.05) is 29.8 Å². The molecule has 6 nitrogen and oxygen atoms in total. The maximum atomic E-state index is 13.6. The second-order valence-corrected chi connectivity index (χ2v) is 7.71. The van der Waals surface area contributed by atoms with Crippen LogP contribution in [0, 0.1) is 19.7 Å². The molecule has 32 heavy (non-hydrogen) atoms. The topological polar surface area (TPSA) is 77.4 Å². The fourth-order valence-corrected chi connectivity index (χ4v) is 3.60. The van der Waals surface area contributed by atoms with Crippen LogP contribution in [-0.4, -0.2) is 34.9 Å². The first-order chi connectivity index (χ1) is 15.2. The van der Waals surface area contributed by atoms with Crippen molar-refractivity contribution in [1.82, 2.24) is 9.88 Å². The molecule has 0 aliphatic carbocycles. The first kappa shape index (κ1) is 23.2. The number of carbonyl (C=O) groups is 3. The van der Waals surface area contributed by atoms with E-state index in [1.807, 2.05) is 0 Å². The zero-order valence-corrected chi connectivity index (χ0v) is 18.6. The lowest BCUT2D eigenvalue weighted by Crippen LogP contribution is -2.40. The van der Waals surface area contributed by atoms with Crippen LogP contribution in [0.5, 0.6) is 0 Å². The lowest BCUT2D eigenvalue weighted by molar-refractivity contribution is -0.144. The second-order valence-electron chi connectivity index (χ2n) is 7.31. The van der Waals surface area contributed by atoms with Crippen LogP contribution in [0.25, 0.3) is 5.69 Å².